The number of aliphatic hydroxyl groups is 1. The number of esters is 1. The first kappa shape index (κ1) is 26.1. The molecule has 0 bridgehead atoms. The molecule has 4 aliphatic heterocycles. The van der Waals surface area contributed by atoms with Crippen molar-refractivity contribution in [1.29, 1.82) is 0 Å². The lowest BCUT2D eigenvalue weighted by atomic mass is 9.74. The second kappa shape index (κ2) is 10.1. The Morgan fingerprint density at radius 3 is 2.77 bits per heavy atom. The van der Waals surface area contributed by atoms with Gasteiger partial charge in [0, 0.05) is 24.4 Å². The Bertz CT molecular complexity index is 1360. The second-order valence-corrected chi connectivity index (χ2v) is 12.6. The number of unbranched alkanes of at least 4 members (excludes halogenated alkanes) is 2. The van der Waals surface area contributed by atoms with Crippen LogP contribution in [0.25, 0.3) is 11.0 Å². The minimum Gasteiger partial charge on any atom is -0.465 e. The molecule has 11 heteroatoms. The normalized spacial score (nSPS) is 32.1. The van der Waals surface area contributed by atoms with E-state index in [2.05, 4.69) is 10.3 Å². The van der Waals surface area contributed by atoms with Gasteiger partial charge in [0.05, 0.1) is 28.7 Å². The first-order chi connectivity index (χ1) is 18.9. The number of benzene rings is 1. The molecule has 1 N–H and O–H groups in total. The SMILES string of the molecule is C[C@@]12C=CCCOC(=O)[C@@H]1[C@H]1C(=O)N(CCCCCO)C3C(=O)N(Cn4nnc5ccccc54)CC=C[C@@]31S2. The van der Waals surface area contributed by atoms with E-state index in [1.165, 1.54) is 0 Å². The number of hydrogen-bond donors (Lipinski definition) is 1. The summed E-state index contributed by atoms with van der Waals surface area (Å²) in [5.41, 5.74) is 1.57. The van der Waals surface area contributed by atoms with Gasteiger partial charge in [-0.3, -0.25) is 14.4 Å². The van der Waals surface area contributed by atoms with E-state index in [1.54, 1.807) is 26.2 Å². The van der Waals surface area contributed by atoms with E-state index in [9.17, 15) is 19.5 Å². The Hall–Kier alpha value is -3.18. The Kier molecular flexibility index (Phi) is 6.74. The molecule has 2 aromatic rings. The lowest BCUT2D eigenvalue weighted by Crippen LogP contribution is -2.53. The molecule has 6 rings (SSSR count). The molecule has 1 unspecified atom stereocenters. The van der Waals surface area contributed by atoms with Crippen molar-refractivity contribution in [3.8, 4) is 0 Å². The van der Waals surface area contributed by atoms with Gasteiger partial charge < -0.3 is 19.6 Å². The highest BCUT2D eigenvalue weighted by Gasteiger charge is 2.73. The molecule has 0 radical (unpaired) electrons. The number of fused-ring (bicyclic) bond motifs is 3. The molecule has 2 fully saturated rings. The largest absolute Gasteiger partial charge is 0.465 e. The van der Waals surface area contributed by atoms with Gasteiger partial charge in [0.25, 0.3) is 0 Å². The maximum Gasteiger partial charge on any atom is 0.311 e. The molecule has 0 aliphatic carbocycles. The van der Waals surface area contributed by atoms with Gasteiger partial charge in [-0.15, -0.1) is 16.9 Å². The molecule has 206 valence electrons. The molecule has 1 spiro atoms. The Morgan fingerprint density at radius 1 is 1.08 bits per heavy atom. The van der Waals surface area contributed by atoms with Gasteiger partial charge in [0.1, 0.15) is 18.2 Å². The summed E-state index contributed by atoms with van der Waals surface area (Å²) in [6.45, 7) is 3.28. The number of carbonyl (C=O) groups is 3. The maximum absolute atomic E-state index is 14.4. The average Bonchev–Trinajstić information content (AvgIpc) is 3.47. The number of nitrogens with zero attached hydrogens (tertiary/aromatic N) is 5. The van der Waals surface area contributed by atoms with Crippen LogP contribution in [0.2, 0.25) is 0 Å². The summed E-state index contributed by atoms with van der Waals surface area (Å²) in [4.78, 5) is 45.4. The highest BCUT2D eigenvalue weighted by molar-refractivity contribution is 8.02. The molecule has 10 nitrogen and oxygen atoms in total. The predicted octanol–water partition coefficient (Wildman–Crippen LogP) is 2.14. The number of aliphatic hydroxyl groups excluding tert-OH is 1. The molecular weight excluding hydrogens is 518 g/mol. The van der Waals surface area contributed by atoms with E-state index in [0.717, 1.165) is 17.5 Å². The third-order valence-electron chi connectivity index (χ3n) is 8.39. The quantitative estimate of drug-likeness (QED) is 0.316. The van der Waals surface area contributed by atoms with Crippen molar-refractivity contribution < 1.29 is 24.2 Å². The van der Waals surface area contributed by atoms with Gasteiger partial charge >= 0.3 is 5.97 Å². The van der Waals surface area contributed by atoms with Crippen LogP contribution in [-0.2, 0) is 25.8 Å². The number of ether oxygens (including phenoxy) is 1. The third-order valence-corrected chi connectivity index (χ3v) is 10.2. The summed E-state index contributed by atoms with van der Waals surface area (Å²) >= 11 is 1.55. The number of rotatable bonds is 7. The lowest BCUT2D eigenvalue weighted by molar-refractivity contribution is -0.154. The summed E-state index contributed by atoms with van der Waals surface area (Å²) in [7, 11) is 0. The number of likely N-dealkylation sites (tertiary alicyclic amines) is 1. The first-order valence-electron chi connectivity index (χ1n) is 13.6. The van der Waals surface area contributed by atoms with E-state index in [1.807, 2.05) is 55.5 Å². The number of amides is 2. The van der Waals surface area contributed by atoms with Crippen LogP contribution < -0.4 is 0 Å². The zero-order valence-corrected chi connectivity index (χ0v) is 22.8. The molecule has 4 aliphatic rings. The second-order valence-electron chi connectivity index (χ2n) is 10.9. The van der Waals surface area contributed by atoms with Crippen LogP contribution in [-0.4, -0.2) is 89.5 Å². The van der Waals surface area contributed by atoms with E-state index in [-0.39, 0.29) is 37.7 Å². The van der Waals surface area contributed by atoms with Crippen LogP contribution in [0.5, 0.6) is 0 Å². The molecule has 2 amide bonds. The molecule has 2 saturated heterocycles. The minimum absolute atomic E-state index is 0.0830. The molecule has 0 saturated carbocycles. The topological polar surface area (TPSA) is 118 Å². The number of cyclic esters (lactones) is 1. The van der Waals surface area contributed by atoms with E-state index < -0.39 is 27.4 Å². The molecular formula is C28H33N5O5S. The standard InChI is InChI=1S/C28H33N5O5S/c1-27-12-5-8-17-38-26(37)22(27)21-24(35)32(15-6-2-7-16-34)23-25(36)31(14-9-13-28(21,23)39-27)18-33-20-11-4-3-10-19(20)29-30-33/h3-5,9-13,21-23,34H,2,6-8,14-18H2,1H3/t21-,22-,23?,27+,28-/m0/s1. The van der Waals surface area contributed by atoms with E-state index >= 15 is 0 Å². The van der Waals surface area contributed by atoms with Crippen molar-refractivity contribution in [2.24, 2.45) is 11.8 Å². The number of hydrogen-bond acceptors (Lipinski definition) is 8. The van der Waals surface area contributed by atoms with Gasteiger partial charge in [-0.25, -0.2) is 4.68 Å². The number of aromatic nitrogens is 3. The highest BCUT2D eigenvalue weighted by atomic mass is 32.2. The number of carbonyl (C=O) groups excluding carboxylic acids is 3. The van der Waals surface area contributed by atoms with Crippen LogP contribution in [0.3, 0.4) is 0 Å². The van der Waals surface area contributed by atoms with Crippen LogP contribution in [0.4, 0.5) is 0 Å². The van der Waals surface area contributed by atoms with Gasteiger partial charge in [0.15, 0.2) is 0 Å². The fourth-order valence-electron chi connectivity index (χ4n) is 6.66. The van der Waals surface area contributed by atoms with Crippen molar-refractivity contribution in [2.45, 2.75) is 54.8 Å². The highest BCUT2D eigenvalue weighted by Crippen LogP contribution is 2.65. The van der Waals surface area contributed by atoms with Crippen molar-refractivity contribution in [3.63, 3.8) is 0 Å². The van der Waals surface area contributed by atoms with Gasteiger partial charge in [-0.1, -0.05) is 41.7 Å². The number of thioether (sulfide) groups is 1. The minimum atomic E-state index is -0.905. The maximum atomic E-state index is 14.4. The van der Waals surface area contributed by atoms with Crippen molar-refractivity contribution in [2.75, 3.05) is 26.3 Å². The van der Waals surface area contributed by atoms with E-state index in [0.29, 0.717) is 32.4 Å². The Labute approximate surface area is 231 Å². The van der Waals surface area contributed by atoms with Crippen LogP contribution in [0, 0.1) is 11.8 Å². The zero-order chi connectivity index (χ0) is 27.2. The summed E-state index contributed by atoms with van der Waals surface area (Å²) in [6.07, 6.45) is 10.7. The molecule has 1 aromatic carbocycles. The van der Waals surface area contributed by atoms with Crippen molar-refractivity contribution >= 4 is 40.6 Å². The van der Waals surface area contributed by atoms with Crippen LogP contribution >= 0.6 is 11.8 Å². The fourth-order valence-corrected chi connectivity index (χ4v) is 8.81. The third kappa shape index (κ3) is 4.17. The molecule has 1 aromatic heterocycles. The van der Waals surface area contributed by atoms with Crippen molar-refractivity contribution in [3.05, 3.63) is 48.6 Å². The van der Waals surface area contributed by atoms with Gasteiger partial charge in [-0.2, -0.15) is 0 Å². The zero-order valence-electron chi connectivity index (χ0n) is 21.9. The van der Waals surface area contributed by atoms with Crippen LogP contribution in [0.1, 0.15) is 32.6 Å². The molecule has 39 heavy (non-hydrogen) atoms. The van der Waals surface area contributed by atoms with E-state index in [4.69, 9.17) is 4.74 Å². The van der Waals surface area contributed by atoms with Crippen LogP contribution in [0.15, 0.2) is 48.6 Å². The predicted molar refractivity (Wildman–Crippen MR) is 145 cm³/mol. The Morgan fingerprint density at radius 2 is 1.92 bits per heavy atom. The first-order valence-corrected chi connectivity index (χ1v) is 14.4. The smallest absolute Gasteiger partial charge is 0.311 e. The Balaban J connectivity index is 1.39. The lowest BCUT2D eigenvalue weighted by Gasteiger charge is -2.37. The molecule has 5 atom stereocenters. The van der Waals surface area contributed by atoms with Crippen molar-refractivity contribution in [1.82, 2.24) is 24.8 Å². The fraction of sp³-hybridized carbons (Fsp3) is 0.536. The molecule has 5 heterocycles. The summed E-state index contributed by atoms with van der Waals surface area (Å²) in [6, 6.07) is 6.83. The van der Waals surface area contributed by atoms with Gasteiger partial charge in [-0.05, 0) is 44.7 Å². The van der Waals surface area contributed by atoms with Gasteiger partial charge in [0.2, 0.25) is 11.8 Å². The average molecular weight is 552 g/mol. The monoisotopic (exact) mass is 551 g/mol. The summed E-state index contributed by atoms with van der Waals surface area (Å²) < 4.78 is 5.71. The summed E-state index contributed by atoms with van der Waals surface area (Å²) in [5.74, 6) is -2.12. The summed E-state index contributed by atoms with van der Waals surface area (Å²) in [5, 5.41) is 17.8. The number of para-hydroxylation sites is 1.